The Morgan fingerprint density at radius 2 is 0.872 bits per heavy atom. The van der Waals surface area contributed by atoms with Crippen LogP contribution in [0.1, 0.15) is 162 Å². The Morgan fingerprint density at radius 1 is 0.564 bits per heavy atom. The van der Waals surface area contributed by atoms with E-state index in [1.165, 1.54) is 89.9 Å². The Hall–Kier alpha value is 0.486. The quantitative estimate of drug-likeness (QED) is 0.0423. The van der Waals surface area contributed by atoms with Crippen molar-refractivity contribution < 1.29 is 32.0 Å². The van der Waals surface area contributed by atoms with E-state index in [0.29, 0.717) is 12.8 Å². The zero-order valence-electron chi connectivity index (χ0n) is 24.6. The van der Waals surface area contributed by atoms with Crippen molar-refractivity contribution >= 4 is 73.4 Å². The van der Waals surface area contributed by atoms with Gasteiger partial charge in [-0.25, -0.2) is 0 Å². The number of carbonyl (C=O) groups is 2. The SMILES string of the molecule is CCCCCCCCCCCCCOC(=O)CC(C(=O)OCCCCCCCCCCCCC)S(=O)(=O)O.[KH]. The molecule has 0 heterocycles. The van der Waals surface area contributed by atoms with Crippen LogP contribution < -0.4 is 0 Å². The molecule has 1 unspecified atom stereocenters. The molecule has 39 heavy (non-hydrogen) atoms. The third-order valence-electron chi connectivity index (χ3n) is 6.98. The predicted molar refractivity (Wildman–Crippen MR) is 162 cm³/mol. The van der Waals surface area contributed by atoms with Crippen LogP contribution in [-0.4, -0.2) is 94.8 Å². The number of rotatable bonds is 28. The summed E-state index contributed by atoms with van der Waals surface area (Å²) < 4.78 is 42.9. The maximum atomic E-state index is 12.2. The van der Waals surface area contributed by atoms with Crippen LogP contribution in [0.5, 0.6) is 0 Å². The number of hydrogen-bond acceptors (Lipinski definition) is 6. The Labute approximate surface area is 282 Å². The second kappa shape index (κ2) is 30.0. The molecular weight excluding hydrogens is 543 g/mol. The summed E-state index contributed by atoms with van der Waals surface area (Å²) in [6.45, 7) is 4.70. The molecule has 9 heteroatoms. The predicted octanol–water partition coefficient (Wildman–Crippen LogP) is 7.69. The van der Waals surface area contributed by atoms with Gasteiger partial charge in [-0.2, -0.15) is 8.42 Å². The van der Waals surface area contributed by atoms with E-state index in [4.69, 9.17) is 9.47 Å². The number of hydrogen-bond donors (Lipinski definition) is 1. The first kappa shape index (κ1) is 41.6. The summed E-state index contributed by atoms with van der Waals surface area (Å²) in [4.78, 5) is 24.3. The standard InChI is InChI=1S/C30H58O7S.K.H/c1-3-5-7-9-11-13-15-17-19-21-23-25-36-29(31)27-28(38(33,34)35)30(32)37-26-24-22-20-18-16-14-12-10-8-6-4-2;;/h28H,3-27H2,1-2H3,(H,33,34,35);;. The zero-order chi connectivity index (χ0) is 28.3. The Kier molecular flexibility index (Phi) is 32.0. The van der Waals surface area contributed by atoms with Crippen LogP contribution >= 0.6 is 0 Å². The first-order chi connectivity index (χ1) is 18.3. The van der Waals surface area contributed by atoms with Gasteiger partial charge in [0.25, 0.3) is 10.1 Å². The summed E-state index contributed by atoms with van der Waals surface area (Å²) in [5.74, 6) is -1.91. The van der Waals surface area contributed by atoms with Gasteiger partial charge in [0.2, 0.25) is 0 Å². The summed E-state index contributed by atoms with van der Waals surface area (Å²) in [6, 6.07) is 0. The van der Waals surface area contributed by atoms with Crippen LogP contribution in [0.3, 0.4) is 0 Å². The molecule has 1 atom stereocenters. The second-order valence-corrected chi connectivity index (χ2v) is 12.3. The van der Waals surface area contributed by atoms with Gasteiger partial charge in [0, 0.05) is 0 Å². The molecule has 7 nitrogen and oxygen atoms in total. The molecule has 0 aromatic carbocycles. The molecule has 0 saturated carbocycles. The molecule has 0 radical (unpaired) electrons. The van der Waals surface area contributed by atoms with Gasteiger partial charge in [-0.15, -0.1) is 0 Å². The van der Waals surface area contributed by atoms with Crippen molar-refractivity contribution in [2.75, 3.05) is 13.2 Å². The maximum absolute atomic E-state index is 12.2. The molecule has 0 bridgehead atoms. The van der Waals surface area contributed by atoms with Crippen molar-refractivity contribution in [1.29, 1.82) is 0 Å². The summed E-state index contributed by atoms with van der Waals surface area (Å²) in [5.41, 5.74) is 0. The van der Waals surface area contributed by atoms with E-state index in [2.05, 4.69) is 13.8 Å². The van der Waals surface area contributed by atoms with Crippen molar-refractivity contribution in [3.63, 3.8) is 0 Å². The van der Waals surface area contributed by atoms with Crippen LogP contribution in [0.4, 0.5) is 0 Å². The summed E-state index contributed by atoms with van der Waals surface area (Å²) in [5, 5.41) is -1.93. The molecule has 0 spiro atoms. The van der Waals surface area contributed by atoms with Gasteiger partial charge in [0.15, 0.2) is 5.25 Å². The third kappa shape index (κ3) is 28.4. The molecule has 228 valence electrons. The number of unbranched alkanes of at least 4 members (excludes halogenated alkanes) is 20. The van der Waals surface area contributed by atoms with Crippen molar-refractivity contribution in [2.24, 2.45) is 0 Å². The molecule has 0 saturated heterocycles. The summed E-state index contributed by atoms with van der Waals surface area (Å²) in [6.07, 6.45) is 24.8. The minimum absolute atomic E-state index is 0. The zero-order valence-corrected chi connectivity index (χ0v) is 25.4. The van der Waals surface area contributed by atoms with Gasteiger partial charge in [-0.05, 0) is 12.8 Å². The molecule has 1 N–H and O–H groups in total. The van der Waals surface area contributed by atoms with Crippen molar-refractivity contribution in [3.05, 3.63) is 0 Å². The van der Waals surface area contributed by atoms with E-state index in [0.717, 1.165) is 38.5 Å². The molecule has 0 amide bonds. The van der Waals surface area contributed by atoms with Crippen molar-refractivity contribution in [3.8, 4) is 0 Å². The van der Waals surface area contributed by atoms with Crippen LogP contribution in [0.15, 0.2) is 0 Å². The second-order valence-electron chi connectivity index (χ2n) is 10.7. The first-order valence-corrected chi connectivity index (χ1v) is 17.1. The van der Waals surface area contributed by atoms with Crippen LogP contribution in [0.25, 0.3) is 0 Å². The third-order valence-corrected chi connectivity index (χ3v) is 8.06. The fourth-order valence-electron chi connectivity index (χ4n) is 4.50. The topological polar surface area (TPSA) is 107 Å². The van der Waals surface area contributed by atoms with E-state index < -0.39 is 33.7 Å². The Balaban J connectivity index is 0. The summed E-state index contributed by atoms with van der Waals surface area (Å²) >= 11 is 0. The molecule has 0 aliphatic rings. The molecule has 0 fully saturated rings. The number of carbonyl (C=O) groups excluding carboxylic acids is 2. The molecule has 0 aliphatic heterocycles. The number of ether oxygens (including phenoxy) is 2. The Morgan fingerprint density at radius 3 is 1.21 bits per heavy atom. The molecular formula is C30H59KO7S. The van der Waals surface area contributed by atoms with Gasteiger partial charge in [0.05, 0.1) is 19.6 Å². The first-order valence-electron chi connectivity index (χ1n) is 15.6. The summed E-state index contributed by atoms with van der Waals surface area (Å²) in [7, 11) is -4.76. The van der Waals surface area contributed by atoms with E-state index in [1.807, 2.05) is 0 Å². The van der Waals surface area contributed by atoms with Crippen LogP contribution in [0.2, 0.25) is 0 Å². The van der Waals surface area contributed by atoms with E-state index in [9.17, 15) is 22.6 Å². The molecule has 0 aromatic rings. The monoisotopic (exact) mass is 602 g/mol. The van der Waals surface area contributed by atoms with Gasteiger partial charge in [-0.1, -0.05) is 142 Å². The van der Waals surface area contributed by atoms with E-state index in [-0.39, 0.29) is 64.6 Å². The van der Waals surface area contributed by atoms with Crippen molar-refractivity contribution in [1.82, 2.24) is 0 Å². The van der Waals surface area contributed by atoms with Gasteiger partial charge >= 0.3 is 63.3 Å². The fourth-order valence-corrected chi connectivity index (χ4v) is 5.16. The van der Waals surface area contributed by atoms with Gasteiger partial charge in [0.1, 0.15) is 0 Å². The Bertz CT molecular complexity index is 670. The van der Waals surface area contributed by atoms with Gasteiger partial charge in [-0.3, -0.25) is 14.1 Å². The average Bonchev–Trinajstić information content (AvgIpc) is 2.87. The average molecular weight is 603 g/mol. The van der Waals surface area contributed by atoms with Crippen molar-refractivity contribution in [2.45, 2.75) is 167 Å². The number of esters is 2. The van der Waals surface area contributed by atoms with E-state index >= 15 is 0 Å². The minimum atomic E-state index is -4.76. The van der Waals surface area contributed by atoms with Gasteiger partial charge < -0.3 is 9.47 Å². The molecule has 0 aromatic heterocycles. The molecule has 0 rings (SSSR count). The fraction of sp³-hybridized carbons (Fsp3) is 0.933. The van der Waals surface area contributed by atoms with Crippen LogP contribution in [0, 0.1) is 0 Å². The van der Waals surface area contributed by atoms with Crippen LogP contribution in [-0.2, 0) is 29.2 Å². The normalized spacial score (nSPS) is 12.1. The van der Waals surface area contributed by atoms with E-state index in [1.54, 1.807) is 0 Å². The molecule has 0 aliphatic carbocycles.